The molecule has 2 aliphatic carbocycles. The molecule has 2 heterocycles. The van der Waals surface area contributed by atoms with Gasteiger partial charge in [0, 0.05) is 34.0 Å². The van der Waals surface area contributed by atoms with Gasteiger partial charge in [-0.2, -0.15) is 0 Å². The van der Waals surface area contributed by atoms with Crippen LogP contribution in [0.5, 0.6) is 0 Å². The summed E-state index contributed by atoms with van der Waals surface area (Å²) < 4.78 is 0. The summed E-state index contributed by atoms with van der Waals surface area (Å²) in [6, 6.07) is 52.8. The predicted octanol–water partition coefficient (Wildman–Crippen LogP) is 16.7. The first-order chi connectivity index (χ1) is 32.9. The average Bonchev–Trinajstić information content (AvgIpc) is 3.31. The van der Waals surface area contributed by atoms with Gasteiger partial charge >= 0.3 is 0 Å². The minimum atomic E-state index is -0.0473. The van der Waals surface area contributed by atoms with Crippen molar-refractivity contribution in [2.75, 3.05) is 9.80 Å². The van der Waals surface area contributed by atoms with Crippen LogP contribution in [0.1, 0.15) is 162 Å². The van der Waals surface area contributed by atoms with Crippen LogP contribution in [0.3, 0.4) is 0 Å². The molecule has 70 heavy (non-hydrogen) atoms. The molecule has 0 unspecified atom stereocenters. The van der Waals surface area contributed by atoms with Crippen molar-refractivity contribution in [3.05, 3.63) is 172 Å². The smallest absolute Gasteiger partial charge is 0.252 e. The van der Waals surface area contributed by atoms with E-state index in [0.717, 1.165) is 0 Å². The molecule has 7 aromatic carbocycles. The average molecular weight is 919 g/mol. The van der Waals surface area contributed by atoms with Crippen molar-refractivity contribution in [2.24, 2.45) is 0 Å². The molecule has 0 bridgehead atoms. The van der Waals surface area contributed by atoms with Crippen LogP contribution >= 0.6 is 0 Å². The Balaban J connectivity index is 1.26. The largest absolute Gasteiger partial charge is 0.311 e. The zero-order chi connectivity index (χ0) is 49.7. The topological polar surface area (TPSA) is 6.48 Å². The molecule has 0 fully saturated rings. The van der Waals surface area contributed by atoms with E-state index in [0.29, 0.717) is 0 Å². The molecule has 0 saturated heterocycles. The first-order valence-electron chi connectivity index (χ1n) is 26.4. The number of nitrogens with zero attached hydrogens (tertiary/aromatic N) is 2. The van der Waals surface area contributed by atoms with Crippen LogP contribution in [0.15, 0.2) is 133 Å². The summed E-state index contributed by atoms with van der Waals surface area (Å²) in [6.45, 7) is 36.3. The van der Waals surface area contributed by atoms with Crippen LogP contribution in [-0.2, 0) is 32.5 Å². The van der Waals surface area contributed by atoms with Crippen molar-refractivity contribution in [3.8, 4) is 22.3 Å². The van der Waals surface area contributed by atoms with Crippen LogP contribution in [0, 0.1) is 6.92 Å². The second-order valence-corrected chi connectivity index (χ2v) is 26.5. The summed E-state index contributed by atoms with van der Waals surface area (Å²) >= 11 is 0. The van der Waals surface area contributed by atoms with Crippen LogP contribution in [0.4, 0.5) is 34.1 Å². The van der Waals surface area contributed by atoms with Gasteiger partial charge in [0.25, 0.3) is 6.71 Å². The first-order valence-corrected chi connectivity index (χ1v) is 26.4. The molecule has 7 aromatic rings. The van der Waals surface area contributed by atoms with Crippen LogP contribution in [-0.4, -0.2) is 6.71 Å². The molecule has 2 nitrogen and oxygen atoms in total. The van der Waals surface area contributed by atoms with E-state index in [-0.39, 0.29) is 39.2 Å². The highest BCUT2D eigenvalue weighted by molar-refractivity contribution is 7.00. The lowest BCUT2D eigenvalue weighted by molar-refractivity contribution is 0.332. The molecule has 11 rings (SSSR count). The van der Waals surface area contributed by atoms with Crippen molar-refractivity contribution in [1.29, 1.82) is 0 Å². The minimum absolute atomic E-state index is 0.0263. The van der Waals surface area contributed by atoms with Gasteiger partial charge in [0.1, 0.15) is 0 Å². The number of anilines is 6. The molecule has 0 aromatic heterocycles. The van der Waals surface area contributed by atoms with E-state index >= 15 is 0 Å². The van der Waals surface area contributed by atoms with Gasteiger partial charge in [-0.25, -0.2) is 0 Å². The summed E-state index contributed by atoms with van der Waals surface area (Å²) in [5.41, 5.74) is 27.0. The lowest BCUT2D eigenvalue weighted by Gasteiger charge is -2.48. The van der Waals surface area contributed by atoms with Gasteiger partial charge in [0.05, 0.1) is 5.69 Å². The fraction of sp³-hybridized carbons (Fsp3) is 0.373. The molecule has 4 aliphatic rings. The fourth-order valence-corrected chi connectivity index (χ4v) is 12.9. The van der Waals surface area contributed by atoms with E-state index in [1.54, 1.807) is 0 Å². The molecule has 0 radical (unpaired) electrons. The Morgan fingerprint density at radius 2 is 0.900 bits per heavy atom. The summed E-state index contributed by atoms with van der Waals surface area (Å²) in [5, 5.41) is 0. The number of benzene rings is 7. The van der Waals surface area contributed by atoms with Gasteiger partial charge in [-0.15, -0.1) is 0 Å². The Kier molecular flexibility index (Phi) is 10.4. The van der Waals surface area contributed by atoms with Crippen LogP contribution in [0.25, 0.3) is 22.3 Å². The molecule has 0 atom stereocenters. The first kappa shape index (κ1) is 46.6. The normalized spacial score (nSPS) is 18.1. The molecule has 0 N–H and O–H groups in total. The van der Waals surface area contributed by atoms with Gasteiger partial charge in [-0.3, -0.25) is 0 Å². The summed E-state index contributed by atoms with van der Waals surface area (Å²) in [5.74, 6) is 0. The maximum atomic E-state index is 2.71. The molecular formula is C67H75BN2. The fourth-order valence-electron chi connectivity index (χ4n) is 12.9. The van der Waals surface area contributed by atoms with Gasteiger partial charge in [-0.05, 0) is 186 Å². The van der Waals surface area contributed by atoms with E-state index in [1.165, 1.54) is 137 Å². The molecule has 2 aliphatic heterocycles. The van der Waals surface area contributed by atoms with Crippen LogP contribution < -0.4 is 26.2 Å². The molecule has 0 spiro atoms. The number of fused-ring (bicyclic) bond motifs is 6. The Hall–Kier alpha value is -5.80. The summed E-state index contributed by atoms with van der Waals surface area (Å²) in [6.07, 6.45) is 4.72. The standard InChI is InChI=1S/C67H75BN2/c1-42-35-59-61-60(36-42)70(56-29-25-44(62(2,3)4)37-49(56)48-24-20-19-23-47(48)43-21-17-16-18-22-43)57-30-26-45(63(5,6)7)38-54(57)68(61)55-40-52-53(67(14,15)34-33-66(52,12)13)41-58(55)69(59)46-27-28-50-51(39-46)65(10,11)32-31-64(50,8)9/h16-30,35-41H,31-34H2,1-15H3. The molecule has 3 heteroatoms. The Morgan fingerprint density at radius 3 is 1.51 bits per heavy atom. The second kappa shape index (κ2) is 15.6. The van der Waals surface area contributed by atoms with E-state index < -0.39 is 0 Å². The lowest BCUT2D eigenvalue weighted by Crippen LogP contribution is -2.62. The molecule has 0 amide bonds. The highest BCUT2D eigenvalue weighted by atomic mass is 15.2. The Morgan fingerprint density at radius 1 is 0.400 bits per heavy atom. The SMILES string of the molecule is Cc1cc2c3c(c1)N(c1ccc(C(C)(C)C)cc1-c1ccccc1-c1ccccc1)c1ccc(C(C)(C)C)cc1B3c1cc3c(cc1N2c1ccc2c(c1)C(C)(C)CCC2(C)C)C(C)(C)CCC3(C)C. The van der Waals surface area contributed by atoms with Gasteiger partial charge in [-0.1, -0.05) is 182 Å². The van der Waals surface area contributed by atoms with Gasteiger partial charge < -0.3 is 9.80 Å². The zero-order valence-electron chi connectivity index (χ0n) is 45.0. The van der Waals surface area contributed by atoms with Crippen molar-refractivity contribution in [1.82, 2.24) is 0 Å². The van der Waals surface area contributed by atoms with E-state index in [9.17, 15) is 0 Å². The Labute approximate surface area is 421 Å². The zero-order valence-corrected chi connectivity index (χ0v) is 45.0. The van der Waals surface area contributed by atoms with E-state index in [2.05, 4.69) is 247 Å². The minimum Gasteiger partial charge on any atom is -0.311 e. The number of hydrogen-bond acceptors (Lipinski definition) is 2. The number of hydrogen-bond donors (Lipinski definition) is 0. The monoisotopic (exact) mass is 919 g/mol. The van der Waals surface area contributed by atoms with E-state index in [4.69, 9.17) is 0 Å². The van der Waals surface area contributed by atoms with Crippen molar-refractivity contribution in [2.45, 2.75) is 162 Å². The maximum Gasteiger partial charge on any atom is 0.252 e. The number of rotatable bonds is 4. The van der Waals surface area contributed by atoms with Crippen LogP contribution in [0.2, 0.25) is 0 Å². The van der Waals surface area contributed by atoms with Crippen molar-refractivity contribution >= 4 is 57.2 Å². The third-order valence-corrected chi connectivity index (χ3v) is 17.5. The van der Waals surface area contributed by atoms with Crippen molar-refractivity contribution in [3.63, 3.8) is 0 Å². The molecular weight excluding hydrogens is 844 g/mol. The second-order valence-electron chi connectivity index (χ2n) is 26.5. The van der Waals surface area contributed by atoms with Gasteiger partial charge in [0.2, 0.25) is 0 Å². The quantitative estimate of drug-likeness (QED) is 0.162. The van der Waals surface area contributed by atoms with E-state index in [1.807, 2.05) is 0 Å². The highest BCUT2D eigenvalue weighted by Gasteiger charge is 2.48. The maximum absolute atomic E-state index is 2.71. The molecule has 356 valence electrons. The summed E-state index contributed by atoms with van der Waals surface area (Å²) in [7, 11) is 0. The predicted molar refractivity (Wildman–Crippen MR) is 304 cm³/mol. The molecule has 0 saturated carbocycles. The van der Waals surface area contributed by atoms with Crippen molar-refractivity contribution < 1.29 is 0 Å². The Bertz CT molecular complexity index is 3260. The highest BCUT2D eigenvalue weighted by Crippen LogP contribution is 2.54. The third kappa shape index (κ3) is 7.34. The third-order valence-electron chi connectivity index (χ3n) is 17.5. The summed E-state index contributed by atoms with van der Waals surface area (Å²) in [4.78, 5) is 5.37. The van der Waals surface area contributed by atoms with Gasteiger partial charge in [0.15, 0.2) is 0 Å². The lowest BCUT2D eigenvalue weighted by atomic mass is 9.33. The number of aryl methyl sites for hydroxylation is 1.